The van der Waals surface area contributed by atoms with Gasteiger partial charge in [0.15, 0.2) is 5.43 Å². The van der Waals surface area contributed by atoms with Gasteiger partial charge < -0.3 is 19.9 Å². The number of rotatable bonds is 5. The molecule has 0 radical (unpaired) electrons. The zero-order valence-electron chi connectivity index (χ0n) is 14.5. The van der Waals surface area contributed by atoms with Crippen LogP contribution in [0.2, 0.25) is 0 Å². The molecule has 1 spiro atoms. The van der Waals surface area contributed by atoms with Crippen molar-refractivity contribution < 1.29 is 14.9 Å². The third-order valence-corrected chi connectivity index (χ3v) is 5.94. The standard InChI is InChI=1S/C18H28N2O4/c1-12-10-19-14(13(2)17(12)23)11-20-5-3-18(4-6-20)15(22)9-16(18)24-8-7-21/h10,15-16,21-22H,3-9,11H2,1-2H3,(H,19,23)/t15-,16+/m1/s1. The molecular formula is C18H28N2O4. The molecule has 6 nitrogen and oxygen atoms in total. The fourth-order valence-corrected chi connectivity index (χ4v) is 4.13. The highest BCUT2D eigenvalue weighted by atomic mass is 16.5. The molecule has 0 bridgehead atoms. The third kappa shape index (κ3) is 3.04. The minimum atomic E-state index is -0.302. The number of hydrogen-bond donors (Lipinski definition) is 3. The largest absolute Gasteiger partial charge is 0.394 e. The number of aliphatic hydroxyl groups is 2. The van der Waals surface area contributed by atoms with E-state index < -0.39 is 0 Å². The van der Waals surface area contributed by atoms with Crippen molar-refractivity contribution in [1.29, 1.82) is 0 Å². The molecular weight excluding hydrogens is 308 g/mol. The van der Waals surface area contributed by atoms with E-state index in [-0.39, 0.29) is 29.7 Å². The Morgan fingerprint density at radius 2 is 2.08 bits per heavy atom. The zero-order valence-corrected chi connectivity index (χ0v) is 14.5. The van der Waals surface area contributed by atoms with Crippen molar-refractivity contribution in [2.45, 2.75) is 51.9 Å². The molecule has 134 valence electrons. The number of aromatic nitrogens is 1. The predicted molar refractivity (Wildman–Crippen MR) is 90.9 cm³/mol. The second kappa shape index (κ2) is 6.96. The van der Waals surface area contributed by atoms with Gasteiger partial charge in [0.25, 0.3) is 0 Å². The van der Waals surface area contributed by atoms with Gasteiger partial charge in [0.2, 0.25) is 0 Å². The van der Waals surface area contributed by atoms with Crippen LogP contribution < -0.4 is 5.43 Å². The van der Waals surface area contributed by atoms with Crippen molar-refractivity contribution in [3.05, 3.63) is 33.2 Å². The lowest BCUT2D eigenvalue weighted by molar-refractivity contribution is -0.213. The van der Waals surface area contributed by atoms with E-state index in [1.807, 2.05) is 13.8 Å². The minimum Gasteiger partial charge on any atom is -0.394 e. The molecule has 1 aromatic rings. The highest BCUT2D eigenvalue weighted by Gasteiger charge is 2.56. The predicted octanol–water partition coefficient (Wildman–Crippen LogP) is 0.716. The maximum atomic E-state index is 12.1. The summed E-state index contributed by atoms with van der Waals surface area (Å²) in [5.41, 5.74) is 2.48. The fourth-order valence-electron chi connectivity index (χ4n) is 4.13. The Hall–Kier alpha value is -1.21. The first-order valence-electron chi connectivity index (χ1n) is 8.78. The SMILES string of the molecule is Cc1c[nH]c(CN2CCC3(CC2)[C@H](O)C[C@@H]3OCCO)c(C)c1=O. The average Bonchev–Trinajstić information content (AvgIpc) is 2.59. The molecule has 2 aliphatic rings. The first kappa shape index (κ1) is 17.6. The van der Waals surface area contributed by atoms with Crippen LogP contribution in [-0.2, 0) is 11.3 Å². The molecule has 1 aliphatic heterocycles. The van der Waals surface area contributed by atoms with Crippen LogP contribution in [0.25, 0.3) is 0 Å². The van der Waals surface area contributed by atoms with E-state index in [1.54, 1.807) is 6.20 Å². The van der Waals surface area contributed by atoms with Crippen LogP contribution in [0.5, 0.6) is 0 Å². The molecule has 3 N–H and O–H groups in total. The molecule has 3 rings (SSSR count). The van der Waals surface area contributed by atoms with Gasteiger partial charge in [0.05, 0.1) is 25.4 Å². The van der Waals surface area contributed by atoms with Crippen LogP contribution in [0.1, 0.15) is 36.1 Å². The van der Waals surface area contributed by atoms with E-state index in [0.29, 0.717) is 13.0 Å². The second-order valence-electron chi connectivity index (χ2n) is 7.25. The van der Waals surface area contributed by atoms with Crippen molar-refractivity contribution in [2.24, 2.45) is 5.41 Å². The summed E-state index contributed by atoms with van der Waals surface area (Å²) < 4.78 is 5.72. The van der Waals surface area contributed by atoms with E-state index in [1.165, 1.54) is 0 Å². The summed E-state index contributed by atoms with van der Waals surface area (Å²) in [5.74, 6) is 0. The molecule has 0 aromatic carbocycles. The van der Waals surface area contributed by atoms with Gasteiger partial charge in [-0.1, -0.05) is 0 Å². The van der Waals surface area contributed by atoms with Crippen molar-refractivity contribution >= 4 is 0 Å². The highest BCUT2D eigenvalue weighted by molar-refractivity contribution is 5.23. The maximum Gasteiger partial charge on any atom is 0.187 e. The van der Waals surface area contributed by atoms with Crippen molar-refractivity contribution in [3.63, 3.8) is 0 Å². The van der Waals surface area contributed by atoms with Gasteiger partial charge in [-0.3, -0.25) is 9.69 Å². The normalized spacial score (nSPS) is 26.5. The van der Waals surface area contributed by atoms with Gasteiger partial charge >= 0.3 is 0 Å². The highest BCUT2D eigenvalue weighted by Crippen LogP contribution is 2.51. The lowest BCUT2D eigenvalue weighted by atomic mass is 9.58. The number of nitrogens with zero attached hydrogens (tertiary/aromatic N) is 1. The van der Waals surface area contributed by atoms with Gasteiger partial charge in [-0.2, -0.15) is 0 Å². The van der Waals surface area contributed by atoms with Crippen LogP contribution in [-0.4, -0.2) is 58.6 Å². The van der Waals surface area contributed by atoms with Crippen LogP contribution in [0.3, 0.4) is 0 Å². The lowest BCUT2D eigenvalue weighted by Gasteiger charge is -2.56. The van der Waals surface area contributed by atoms with Crippen LogP contribution in [0, 0.1) is 19.3 Å². The number of aliphatic hydroxyl groups excluding tert-OH is 2. The number of hydrogen-bond acceptors (Lipinski definition) is 5. The lowest BCUT2D eigenvalue weighted by Crippen LogP contribution is -2.62. The second-order valence-corrected chi connectivity index (χ2v) is 7.25. The van der Waals surface area contributed by atoms with E-state index in [2.05, 4.69) is 9.88 Å². The van der Waals surface area contributed by atoms with Crippen LogP contribution in [0.4, 0.5) is 0 Å². The quantitative estimate of drug-likeness (QED) is 0.738. The van der Waals surface area contributed by atoms with Gasteiger partial charge in [0, 0.05) is 41.4 Å². The molecule has 0 unspecified atom stereocenters. The summed E-state index contributed by atoms with van der Waals surface area (Å²) in [4.78, 5) is 17.6. The van der Waals surface area contributed by atoms with Crippen molar-refractivity contribution in [3.8, 4) is 0 Å². The van der Waals surface area contributed by atoms with Gasteiger partial charge in [0.1, 0.15) is 0 Å². The summed E-state index contributed by atoms with van der Waals surface area (Å²) in [5, 5.41) is 19.2. The number of likely N-dealkylation sites (tertiary alicyclic amines) is 1. The zero-order chi connectivity index (χ0) is 17.3. The number of nitrogens with one attached hydrogen (secondary N) is 1. The summed E-state index contributed by atoms with van der Waals surface area (Å²) >= 11 is 0. The van der Waals surface area contributed by atoms with Gasteiger partial charge in [-0.15, -0.1) is 0 Å². The molecule has 1 aliphatic carbocycles. The maximum absolute atomic E-state index is 12.1. The number of piperidine rings is 1. The van der Waals surface area contributed by atoms with Crippen molar-refractivity contribution in [2.75, 3.05) is 26.3 Å². The Bertz CT molecular complexity index is 634. The molecule has 24 heavy (non-hydrogen) atoms. The monoisotopic (exact) mass is 336 g/mol. The number of H-pyrrole nitrogens is 1. The van der Waals surface area contributed by atoms with Crippen molar-refractivity contribution in [1.82, 2.24) is 9.88 Å². The Balaban J connectivity index is 1.61. The van der Waals surface area contributed by atoms with E-state index in [9.17, 15) is 9.90 Å². The molecule has 0 amide bonds. The third-order valence-electron chi connectivity index (χ3n) is 5.94. The van der Waals surface area contributed by atoms with Crippen LogP contribution >= 0.6 is 0 Å². The number of pyridine rings is 1. The Morgan fingerprint density at radius 1 is 1.38 bits per heavy atom. The molecule has 1 saturated carbocycles. The van der Waals surface area contributed by atoms with Gasteiger partial charge in [-0.25, -0.2) is 0 Å². The van der Waals surface area contributed by atoms with Crippen LogP contribution in [0.15, 0.2) is 11.0 Å². The first-order valence-corrected chi connectivity index (χ1v) is 8.78. The van der Waals surface area contributed by atoms with Gasteiger partial charge in [-0.05, 0) is 39.8 Å². The smallest absolute Gasteiger partial charge is 0.187 e. The topological polar surface area (TPSA) is 85.8 Å². The first-order chi connectivity index (χ1) is 11.5. The summed E-state index contributed by atoms with van der Waals surface area (Å²) in [6.07, 6.45) is 3.99. The number of aryl methyl sites for hydroxylation is 1. The summed E-state index contributed by atoms with van der Waals surface area (Å²) in [6.45, 7) is 6.56. The number of aromatic amines is 1. The molecule has 2 fully saturated rings. The Morgan fingerprint density at radius 3 is 2.71 bits per heavy atom. The molecule has 6 heteroatoms. The van der Waals surface area contributed by atoms with E-state index in [4.69, 9.17) is 9.84 Å². The minimum absolute atomic E-state index is 0.0227. The Labute approximate surface area is 142 Å². The van der Waals surface area contributed by atoms with E-state index in [0.717, 1.165) is 49.3 Å². The number of ether oxygens (including phenoxy) is 1. The molecule has 1 aromatic heterocycles. The fraction of sp³-hybridized carbons (Fsp3) is 0.722. The molecule has 2 heterocycles. The summed E-state index contributed by atoms with van der Waals surface area (Å²) in [7, 11) is 0. The Kier molecular flexibility index (Phi) is 5.11. The summed E-state index contributed by atoms with van der Waals surface area (Å²) in [6, 6.07) is 0. The average molecular weight is 336 g/mol. The molecule has 2 atom stereocenters. The molecule has 1 saturated heterocycles. The van der Waals surface area contributed by atoms with E-state index >= 15 is 0 Å².